The number of halogens is 1. The Bertz CT molecular complexity index is 251. The lowest BCUT2D eigenvalue weighted by molar-refractivity contribution is -0.929. The first-order valence-corrected chi connectivity index (χ1v) is 13.6. The molecule has 0 aliphatic carbocycles. The van der Waals surface area contributed by atoms with Crippen LogP contribution in [0.25, 0.3) is 0 Å². The Hall–Kier alpha value is 0.250. The van der Waals surface area contributed by atoms with Gasteiger partial charge in [0, 0.05) is 0 Å². The van der Waals surface area contributed by atoms with Crippen molar-refractivity contribution in [2.75, 3.05) is 26.2 Å². The molecule has 0 saturated heterocycles. The molecule has 0 aliphatic rings. The van der Waals surface area contributed by atoms with Gasteiger partial charge in [0.25, 0.3) is 0 Å². The first-order valence-electron chi connectivity index (χ1n) is 13.6. The summed E-state index contributed by atoms with van der Waals surface area (Å²) in [6, 6.07) is 0. The Morgan fingerprint density at radius 1 is 0.310 bits per heavy atom. The zero-order valence-electron chi connectivity index (χ0n) is 21.1. The average molecular weight is 432 g/mol. The van der Waals surface area contributed by atoms with Gasteiger partial charge in [0.15, 0.2) is 0 Å². The first kappa shape index (κ1) is 31.4. The normalized spacial score (nSPS) is 11.6. The third kappa shape index (κ3) is 19.9. The lowest BCUT2D eigenvalue weighted by Crippen LogP contribution is -3.00. The predicted octanol–water partition coefficient (Wildman–Crippen LogP) is 6.30. The van der Waals surface area contributed by atoms with Crippen LogP contribution in [-0.4, -0.2) is 30.7 Å². The number of unbranched alkanes of at least 4 members (excludes halogenated alkanes) is 15. The van der Waals surface area contributed by atoms with Crippen LogP contribution >= 0.6 is 0 Å². The molecule has 0 aliphatic heterocycles. The minimum Gasteiger partial charge on any atom is -1.00 e. The fourth-order valence-corrected chi connectivity index (χ4v) is 4.83. The molecule has 0 fully saturated rings. The van der Waals surface area contributed by atoms with E-state index in [9.17, 15) is 0 Å². The van der Waals surface area contributed by atoms with E-state index in [-0.39, 0.29) is 12.4 Å². The minimum atomic E-state index is 0. The van der Waals surface area contributed by atoms with Crippen molar-refractivity contribution >= 4 is 0 Å². The topological polar surface area (TPSA) is 0 Å². The SMILES string of the molecule is CCCCCCCC[N+](CCC)(CCCCCCCC)CCCCCCCC.[Cl-]. The summed E-state index contributed by atoms with van der Waals surface area (Å²) in [7, 11) is 0. The first-order chi connectivity index (χ1) is 13.7. The van der Waals surface area contributed by atoms with Crippen molar-refractivity contribution in [3.63, 3.8) is 0 Å². The van der Waals surface area contributed by atoms with Crippen LogP contribution in [-0.2, 0) is 0 Å². The summed E-state index contributed by atoms with van der Waals surface area (Å²) in [6.07, 6.45) is 27.3. The van der Waals surface area contributed by atoms with E-state index >= 15 is 0 Å². The van der Waals surface area contributed by atoms with Crippen molar-refractivity contribution in [3.8, 4) is 0 Å². The van der Waals surface area contributed by atoms with Gasteiger partial charge in [0.2, 0.25) is 0 Å². The third-order valence-corrected chi connectivity index (χ3v) is 6.66. The molecule has 1 nitrogen and oxygen atoms in total. The molecule has 29 heavy (non-hydrogen) atoms. The molecule has 0 heterocycles. The highest BCUT2D eigenvalue weighted by Crippen LogP contribution is 2.19. The summed E-state index contributed by atoms with van der Waals surface area (Å²) in [5.74, 6) is 0. The monoisotopic (exact) mass is 431 g/mol. The quantitative estimate of drug-likeness (QED) is 0.131. The number of hydrogen-bond acceptors (Lipinski definition) is 0. The molecular formula is C27H58ClN. The van der Waals surface area contributed by atoms with Gasteiger partial charge in [-0.25, -0.2) is 0 Å². The van der Waals surface area contributed by atoms with Crippen molar-refractivity contribution in [1.29, 1.82) is 0 Å². The van der Waals surface area contributed by atoms with Crippen LogP contribution in [0.3, 0.4) is 0 Å². The zero-order chi connectivity index (χ0) is 20.8. The van der Waals surface area contributed by atoms with Crippen LogP contribution in [0, 0.1) is 0 Å². The maximum Gasteiger partial charge on any atom is 0.0786 e. The Kier molecular flexibility index (Phi) is 26.6. The standard InChI is InChI=1S/C27H58N.ClH/c1-5-9-12-15-18-21-25-28(24-8-4,26-22-19-16-13-10-6-2)27-23-20-17-14-11-7-3;/h5-27H2,1-4H3;1H/q+1;/p-1. The van der Waals surface area contributed by atoms with E-state index in [1.54, 1.807) is 0 Å². The predicted molar refractivity (Wildman–Crippen MR) is 130 cm³/mol. The summed E-state index contributed by atoms with van der Waals surface area (Å²) in [5, 5.41) is 0. The highest BCUT2D eigenvalue weighted by atomic mass is 35.5. The summed E-state index contributed by atoms with van der Waals surface area (Å²) >= 11 is 0. The molecule has 0 aromatic rings. The van der Waals surface area contributed by atoms with Crippen molar-refractivity contribution in [2.45, 2.75) is 150 Å². The van der Waals surface area contributed by atoms with E-state index in [4.69, 9.17) is 0 Å². The molecule has 0 rings (SSSR count). The Morgan fingerprint density at radius 2 is 0.586 bits per heavy atom. The van der Waals surface area contributed by atoms with E-state index in [0.717, 1.165) is 0 Å². The highest BCUT2D eigenvalue weighted by Gasteiger charge is 2.25. The molecule has 178 valence electrons. The lowest BCUT2D eigenvalue weighted by atomic mass is 10.1. The molecule has 0 amide bonds. The molecule has 0 unspecified atom stereocenters. The highest BCUT2D eigenvalue weighted by molar-refractivity contribution is 4.53. The van der Waals surface area contributed by atoms with E-state index in [1.807, 2.05) is 0 Å². The summed E-state index contributed by atoms with van der Waals surface area (Å²) < 4.78 is 1.45. The summed E-state index contributed by atoms with van der Waals surface area (Å²) in [6.45, 7) is 15.2. The average Bonchev–Trinajstić information content (AvgIpc) is 2.70. The van der Waals surface area contributed by atoms with Crippen molar-refractivity contribution in [3.05, 3.63) is 0 Å². The second-order valence-electron chi connectivity index (χ2n) is 9.54. The van der Waals surface area contributed by atoms with Crippen molar-refractivity contribution in [2.24, 2.45) is 0 Å². The molecule has 0 aromatic carbocycles. The Morgan fingerprint density at radius 3 is 0.862 bits per heavy atom. The fourth-order valence-electron chi connectivity index (χ4n) is 4.83. The second-order valence-corrected chi connectivity index (χ2v) is 9.54. The van der Waals surface area contributed by atoms with Crippen LogP contribution in [0.2, 0.25) is 0 Å². The maximum atomic E-state index is 2.41. The molecule has 2 heteroatoms. The van der Waals surface area contributed by atoms with E-state index in [0.29, 0.717) is 0 Å². The van der Waals surface area contributed by atoms with Gasteiger partial charge in [-0.3, -0.25) is 0 Å². The van der Waals surface area contributed by atoms with Crippen LogP contribution in [0.5, 0.6) is 0 Å². The van der Waals surface area contributed by atoms with Crippen LogP contribution in [0.15, 0.2) is 0 Å². The van der Waals surface area contributed by atoms with E-state index in [1.165, 1.54) is 153 Å². The van der Waals surface area contributed by atoms with Gasteiger partial charge in [-0.2, -0.15) is 0 Å². The smallest absolute Gasteiger partial charge is 0.0786 e. The number of quaternary nitrogens is 1. The zero-order valence-corrected chi connectivity index (χ0v) is 21.8. The van der Waals surface area contributed by atoms with Gasteiger partial charge in [-0.05, 0) is 44.9 Å². The van der Waals surface area contributed by atoms with Gasteiger partial charge >= 0.3 is 0 Å². The van der Waals surface area contributed by atoms with Gasteiger partial charge in [0.05, 0.1) is 26.2 Å². The van der Waals surface area contributed by atoms with Crippen molar-refractivity contribution in [1.82, 2.24) is 0 Å². The molecule has 0 N–H and O–H groups in total. The molecule has 0 bridgehead atoms. The van der Waals surface area contributed by atoms with Gasteiger partial charge in [-0.15, -0.1) is 0 Å². The van der Waals surface area contributed by atoms with Crippen LogP contribution in [0.1, 0.15) is 150 Å². The lowest BCUT2D eigenvalue weighted by Gasteiger charge is -2.39. The second kappa shape index (κ2) is 24.5. The number of nitrogens with zero attached hydrogens (tertiary/aromatic N) is 1. The Labute approximate surface area is 192 Å². The fraction of sp³-hybridized carbons (Fsp3) is 1.00. The summed E-state index contributed by atoms with van der Waals surface area (Å²) in [4.78, 5) is 0. The molecule has 0 radical (unpaired) electrons. The Balaban J connectivity index is 0. The third-order valence-electron chi connectivity index (χ3n) is 6.66. The van der Waals surface area contributed by atoms with E-state index < -0.39 is 0 Å². The summed E-state index contributed by atoms with van der Waals surface area (Å²) in [5.41, 5.74) is 0. The molecular weight excluding hydrogens is 374 g/mol. The molecule has 0 aromatic heterocycles. The number of rotatable bonds is 23. The van der Waals surface area contributed by atoms with E-state index in [2.05, 4.69) is 27.7 Å². The number of hydrogen-bond donors (Lipinski definition) is 0. The minimum absolute atomic E-state index is 0. The molecule has 0 saturated carbocycles. The molecule has 0 spiro atoms. The largest absolute Gasteiger partial charge is 1.00 e. The van der Waals surface area contributed by atoms with Crippen LogP contribution in [0.4, 0.5) is 0 Å². The van der Waals surface area contributed by atoms with Crippen LogP contribution < -0.4 is 12.4 Å². The van der Waals surface area contributed by atoms with Gasteiger partial charge in [-0.1, -0.05) is 105 Å². The van der Waals surface area contributed by atoms with Gasteiger partial charge in [0.1, 0.15) is 0 Å². The molecule has 0 atom stereocenters. The van der Waals surface area contributed by atoms with Crippen molar-refractivity contribution < 1.29 is 16.9 Å². The maximum absolute atomic E-state index is 2.41. The van der Waals surface area contributed by atoms with Gasteiger partial charge < -0.3 is 16.9 Å².